The van der Waals surface area contributed by atoms with Gasteiger partial charge in [-0.15, -0.1) is 0 Å². The number of fused-ring (bicyclic) bond motifs is 2. The van der Waals surface area contributed by atoms with Crippen molar-refractivity contribution in [3.05, 3.63) is 0 Å². The molecule has 2 aliphatic carbocycles. The monoisotopic (exact) mass is 366 g/mol. The van der Waals surface area contributed by atoms with Crippen molar-refractivity contribution in [3.8, 4) is 0 Å². The fourth-order valence-electron chi connectivity index (χ4n) is 6.48. The van der Waals surface area contributed by atoms with Gasteiger partial charge in [-0.1, -0.05) is 34.1 Å². The van der Waals surface area contributed by atoms with Gasteiger partial charge in [-0.25, -0.2) is 4.79 Å². The third-order valence-electron chi connectivity index (χ3n) is 7.77. The van der Waals surface area contributed by atoms with Crippen LogP contribution in [-0.4, -0.2) is 35.9 Å². The van der Waals surface area contributed by atoms with Gasteiger partial charge in [-0.05, 0) is 54.8 Å². The molecule has 0 aromatic rings. The Balaban J connectivity index is 1.89. The van der Waals surface area contributed by atoms with Crippen molar-refractivity contribution in [2.24, 2.45) is 28.6 Å². The molecule has 26 heavy (non-hydrogen) atoms. The maximum absolute atomic E-state index is 12.7. The van der Waals surface area contributed by atoms with Crippen molar-refractivity contribution in [1.29, 1.82) is 0 Å². The second-order valence-corrected chi connectivity index (χ2v) is 9.86. The Hall–Kier alpha value is -1.10. The van der Waals surface area contributed by atoms with E-state index in [-0.39, 0.29) is 41.2 Å². The lowest BCUT2D eigenvalue weighted by molar-refractivity contribution is -0.159. The number of carbonyl (C=O) groups is 2. The van der Waals surface area contributed by atoms with Crippen LogP contribution in [0, 0.1) is 28.6 Å². The third-order valence-corrected chi connectivity index (χ3v) is 7.77. The second kappa shape index (κ2) is 6.50. The van der Waals surface area contributed by atoms with Gasteiger partial charge in [-0.3, -0.25) is 4.79 Å². The number of rotatable bonds is 6. The first kappa shape index (κ1) is 19.7. The number of epoxide rings is 1. The van der Waals surface area contributed by atoms with E-state index in [0.717, 1.165) is 25.7 Å². The Labute approximate surface area is 156 Å². The highest BCUT2D eigenvalue weighted by Crippen LogP contribution is 2.69. The van der Waals surface area contributed by atoms with Gasteiger partial charge in [0.25, 0.3) is 0 Å². The SMILES string of the molecule is COC(=O)[C@@]12O[C@@H]1C[C@H]1C(C)(C)CCC[C@]1(C)[C@H]2CC[C@H](C)CC(=O)O. The van der Waals surface area contributed by atoms with Gasteiger partial charge in [0.15, 0.2) is 5.60 Å². The largest absolute Gasteiger partial charge is 0.481 e. The van der Waals surface area contributed by atoms with Crippen LogP contribution in [-0.2, 0) is 19.1 Å². The molecular formula is C21H34O5. The minimum atomic E-state index is -0.795. The van der Waals surface area contributed by atoms with E-state index in [9.17, 15) is 9.59 Å². The lowest BCUT2D eigenvalue weighted by atomic mass is 9.45. The molecule has 3 aliphatic rings. The summed E-state index contributed by atoms with van der Waals surface area (Å²) in [5.41, 5.74) is -0.519. The quantitative estimate of drug-likeness (QED) is 0.567. The summed E-state index contributed by atoms with van der Waals surface area (Å²) in [7, 11) is 1.44. The van der Waals surface area contributed by atoms with Crippen LogP contribution < -0.4 is 0 Å². The predicted molar refractivity (Wildman–Crippen MR) is 97.6 cm³/mol. The van der Waals surface area contributed by atoms with E-state index in [1.54, 1.807) is 0 Å². The molecule has 0 amide bonds. The first-order chi connectivity index (χ1) is 12.1. The van der Waals surface area contributed by atoms with Crippen LogP contribution in [0.2, 0.25) is 0 Å². The normalized spacial score (nSPS) is 41.5. The van der Waals surface area contributed by atoms with E-state index in [1.807, 2.05) is 6.92 Å². The average molecular weight is 366 g/mol. The van der Waals surface area contributed by atoms with E-state index in [2.05, 4.69) is 20.8 Å². The van der Waals surface area contributed by atoms with Crippen LogP contribution in [0.15, 0.2) is 0 Å². The first-order valence-corrected chi connectivity index (χ1v) is 10.1. The third kappa shape index (κ3) is 2.96. The Morgan fingerprint density at radius 3 is 2.58 bits per heavy atom. The van der Waals surface area contributed by atoms with E-state index < -0.39 is 11.6 Å². The van der Waals surface area contributed by atoms with E-state index in [4.69, 9.17) is 14.6 Å². The van der Waals surface area contributed by atoms with Crippen molar-refractivity contribution < 1.29 is 24.2 Å². The topological polar surface area (TPSA) is 76.1 Å². The lowest BCUT2D eigenvalue weighted by Gasteiger charge is -2.57. The fraction of sp³-hybridized carbons (Fsp3) is 0.905. The maximum atomic E-state index is 12.7. The molecule has 2 saturated carbocycles. The zero-order chi connectivity index (χ0) is 19.3. The van der Waals surface area contributed by atoms with E-state index in [1.165, 1.54) is 20.0 Å². The van der Waals surface area contributed by atoms with Crippen molar-refractivity contribution in [3.63, 3.8) is 0 Å². The number of carbonyl (C=O) groups excluding carboxylic acids is 1. The minimum absolute atomic E-state index is 0.0336. The van der Waals surface area contributed by atoms with Gasteiger partial charge in [0.2, 0.25) is 0 Å². The van der Waals surface area contributed by atoms with Gasteiger partial charge < -0.3 is 14.6 Å². The summed E-state index contributed by atoms with van der Waals surface area (Å²) in [6.07, 6.45) is 6.18. The number of esters is 1. The number of carboxylic acid groups (broad SMARTS) is 1. The molecule has 5 heteroatoms. The molecular weight excluding hydrogens is 332 g/mol. The molecule has 0 radical (unpaired) electrons. The zero-order valence-electron chi connectivity index (χ0n) is 16.8. The summed E-state index contributed by atoms with van der Waals surface area (Å²) in [4.78, 5) is 23.7. The maximum Gasteiger partial charge on any atom is 0.341 e. The molecule has 1 heterocycles. The van der Waals surface area contributed by atoms with Crippen molar-refractivity contribution in [1.82, 2.24) is 0 Å². The summed E-state index contributed by atoms with van der Waals surface area (Å²) < 4.78 is 11.3. The number of methoxy groups -OCH3 is 1. The summed E-state index contributed by atoms with van der Waals surface area (Å²) >= 11 is 0. The van der Waals surface area contributed by atoms with Gasteiger partial charge in [0.1, 0.15) is 0 Å². The summed E-state index contributed by atoms with van der Waals surface area (Å²) in [6, 6.07) is 0. The Bertz CT molecular complexity index is 585. The lowest BCUT2D eigenvalue weighted by Crippen LogP contribution is -2.57. The van der Waals surface area contributed by atoms with Gasteiger partial charge in [0, 0.05) is 12.3 Å². The summed E-state index contributed by atoms with van der Waals surface area (Å²) in [6.45, 7) is 9.03. The Morgan fingerprint density at radius 1 is 1.27 bits per heavy atom. The molecule has 5 nitrogen and oxygen atoms in total. The molecule has 0 aromatic carbocycles. The van der Waals surface area contributed by atoms with Crippen LogP contribution in [0.1, 0.15) is 72.6 Å². The highest BCUT2D eigenvalue weighted by atomic mass is 16.7. The molecule has 0 spiro atoms. The van der Waals surface area contributed by atoms with Crippen LogP contribution in [0.25, 0.3) is 0 Å². The number of aliphatic carboxylic acids is 1. The minimum Gasteiger partial charge on any atom is -0.481 e. The molecule has 3 fully saturated rings. The van der Waals surface area contributed by atoms with Crippen LogP contribution >= 0.6 is 0 Å². The number of ether oxygens (including phenoxy) is 2. The van der Waals surface area contributed by atoms with Gasteiger partial charge in [0.05, 0.1) is 13.2 Å². The van der Waals surface area contributed by atoms with Crippen molar-refractivity contribution >= 4 is 11.9 Å². The molecule has 3 rings (SSSR count). The van der Waals surface area contributed by atoms with E-state index >= 15 is 0 Å². The summed E-state index contributed by atoms with van der Waals surface area (Å²) in [5, 5.41) is 9.07. The molecule has 0 bridgehead atoms. The highest BCUT2D eigenvalue weighted by Gasteiger charge is 2.76. The standard InChI is InChI=1S/C21H34O5/c1-13(11-17(22)23)7-8-14-20(4)10-6-9-19(2,3)15(20)12-16-21(14,26-16)18(24)25-5/h13-16H,6-12H2,1-5H3,(H,22,23)/t13-,14+,15-,16+,20+,21-/m0/s1. The molecule has 148 valence electrons. The molecule has 1 saturated heterocycles. The fourth-order valence-corrected chi connectivity index (χ4v) is 6.48. The van der Waals surface area contributed by atoms with Crippen LogP contribution in [0.5, 0.6) is 0 Å². The molecule has 0 unspecified atom stereocenters. The summed E-state index contributed by atoms with van der Waals surface area (Å²) in [5.74, 6) is -0.274. The average Bonchev–Trinajstić information content (AvgIpc) is 3.25. The Morgan fingerprint density at radius 2 is 1.96 bits per heavy atom. The van der Waals surface area contributed by atoms with Crippen LogP contribution in [0.4, 0.5) is 0 Å². The number of carboxylic acids is 1. The second-order valence-electron chi connectivity index (χ2n) is 9.86. The number of hydrogen-bond donors (Lipinski definition) is 1. The highest BCUT2D eigenvalue weighted by molar-refractivity contribution is 5.84. The molecule has 1 aliphatic heterocycles. The Kier molecular flexibility index (Phi) is 4.92. The van der Waals surface area contributed by atoms with E-state index in [0.29, 0.717) is 5.92 Å². The van der Waals surface area contributed by atoms with Crippen molar-refractivity contribution in [2.45, 2.75) is 84.3 Å². The van der Waals surface area contributed by atoms with Crippen molar-refractivity contribution in [2.75, 3.05) is 7.11 Å². The predicted octanol–water partition coefficient (Wildman–Crippen LogP) is 4.04. The first-order valence-electron chi connectivity index (χ1n) is 10.1. The molecule has 0 aromatic heterocycles. The zero-order valence-corrected chi connectivity index (χ0v) is 16.8. The number of hydrogen-bond acceptors (Lipinski definition) is 4. The molecule has 6 atom stereocenters. The van der Waals surface area contributed by atoms with Crippen LogP contribution in [0.3, 0.4) is 0 Å². The molecule has 1 N–H and O–H groups in total. The van der Waals surface area contributed by atoms with Gasteiger partial charge >= 0.3 is 11.9 Å². The van der Waals surface area contributed by atoms with Gasteiger partial charge in [-0.2, -0.15) is 0 Å². The smallest absolute Gasteiger partial charge is 0.341 e.